The van der Waals surface area contributed by atoms with Crippen LogP contribution in [0.4, 0.5) is 0 Å². The summed E-state index contributed by atoms with van der Waals surface area (Å²) in [7, 11) is 0. The van der Waals surface area contributed by atoms with Crippen LogP contribution in [0.1, 0.15) is 26.7 Å². The first kappa shape index (κ1) is 13.3. The van der Waals surface area contributed by atoms with Crippen LogP contribution in [0.25, 0.3) is 0 Å². The number of likely N-dealkylation sites (tertiary alicyclic amines) is 1. The van der Waals surface area contributed by atoms with Gasteiger partial charge in [0.1, 0.15) is 0 Å². The molecule has 1 aromatic heterocycles. The Bertz CT molecular complexity index is 419. The first-order chi connectivity index (χ1) is 8.65. The van der Waals surface area contributed by atoms with Crippen molar-refractivity contribution >= 4 is 0 Å². The van der Waals surface area contributed by atoms with Gasteiger partial charge in [-0.3, -0.25) is 9.36 Å². The Morgan fingerprint density at radius 1 is 1.39 bits per heavy atom. The lowest BCUT2D eigenvalue weighted by molar-refractivity contribution is 0.158. The van der Waals surface area contributed by atoms with Gasteiger partial charge in [-0.05, 0) is 37.8 Å². The fraction of sp³-hybridized carbons (Fsp3) is 0.714. The zero-order chi connectivity index (χ0) is 13.0. The largest absolute Gasteiger partial charge is 0.303 e. The lowest BCUT2D eigenvalue weighted by Crippen LogP contribution is -2.38. The van der Waals surface area contributed by atoms with Crippen molar-refractivity contribution in [2.24, 2.45) is 11.8 Å². The number of hydrogen-bond acceptors (Lipinski definition) is 3. The fourth-order valence-corrected chi connectivity index (χ4v) is 2.66. The second kappa shape index (κ2) is 6.14. The molecule has 100 valence electrons. The molecule has 4 nitrogen and oxygen atoms in total. The summed E-state index contributed by atoms with van der Waals surface area (Å²) < 4.78 is 1.74. The zero-order valence-corrected chi connectivity index (χ0v) is 11.4. The summed E-state index contributed by atoms with van der Waals surface area (Å²) in [5.74, 6) is 1.36. The lowest BCUT2D eigenvalue weighted by atomic mass is 9.96. The van der Waals surface area contributed by atoms with Crippen LogP contribution < -0.4 is 5.56 Å². The average molecular weight is 249 g/mol. The van der Waals surface area contributed by atoms with Crippen LogP contribution in [0.5, 0.6) is 0 Å². The second-order valence-electron chi connectivity index (χ2n) is 5.71. The maximum atomic E-state index is 11.6. The van der Waals surface area contributed by atoms with E-state index in [-0.39, 0.29) is 5.56 Å². The topological polar surface area (TPSA) is 38.1 Å². The molecule has 0 unspecified atom stereocenters. The van der Waals surface area contributed by atoms with Gasteiger partial charge >= 0.3 is 0 Å². The van der Waals surface area contributed by atoms with Crippen LogP contribution in [0.2, 0.25) is 0 Å². The molecular formula is C14H23N3O. The van der Waals surface area contributed by atoms with E-state index in [1.54, 1.807) is 17.1 Å². The maximum Gasteiger partial charge on any atom is 0.253 e. The van der Waals surface area contributed by atoms with E-state index < -0.39 is 0 Å². The van der Waals surface area contributed by atoms with Crippen LogP contribution in [-0.4, -0.2) is 34.1 Å². The van der Waals surface area contributed by atoms with Gasteiger partial charge in [0.15, 0.2) is 0 Å². The molecule has 4 heteroatoms. The van der Waals surface area contributed by atoms with E-state index in [0.29, 0.717) is 5.92 Å². The molecule has 0 saturated carbocycles. The lowest BCUT2D eigenvalue weighted by Gasteiger charge is -2.33. The van der Waals surface area contributed by atoms with Crippen molar-refractivity contribution in [3.8, 4) is 0 Å². The van der Waals surface area contributed by atoms with Crippen molar-refractivity contribution in [2.45, 2.75) is 33.2 Å². The maximum absolute atomic E-state index is 11.6. The molecule has 1 saturated heterocycles. The molecular weight excluding hydrogens is 226 g/mol. The summed E-state index contributed by atoms with van der Waals surface area (Å²) in [6, 6.07) is 1.54. The predicted molar refractivity (Wildman–Crippen MR) is 72.5 cm³/mol. The van der Waals surface area contributed by atoms with Gasteiger partial charge in [0.25, 0.3) is 5.56 Å². The Labute approximate surface area is 109 Å². The summed E-state index contributed by atoms with van der Waals surface area (Å²) in [5.41, 5.74) is 0.0645. The molecule has 0 amide bonds. The molecule has 1 aromatic rings. The Morgan fingerprint density at radius 3 is 2.72 bits per heavy atom. The van der Waals surface area contributed by atoms with Crippen LogP contribution in [0.3, 0.4) is 0 Å². The minimum absolute atomic E-state index is 0.0645. The quantitative estimate of drug-likeness (QED) is 0.813. The molecule has 2 heterocycles. The highest BCUT2D eigenvalue weighted by molar-refractivity contribution is 4.83. The molecule has 0 atom stereocenters. The van der Waals surface area contributed by atoms with Crippen LogP contribution in [0, 0.1) is 11.8 Å². The minimum Gasteiger partial charge on any atom is -0.303 e. The highest BCUT2D eigenvalue weighted by Crippen LogP contribution is 2.19. The van der Waals surface area contributed by atoms with Gasteiger partial charge < -0.3 is 4.90 Å². The van der Waals surface area contributed by atoms with Crippen LogP contribution in [-0.2, 0) is 6.54 Å². The van der Waals surface area contributed by atoms with E-state index in [2.05, 4.69) is 23.7 Å². The monoisotopic (exact) mass is 249 g/mol. The zero-order valence-electron chi connectivity index (χ0n) is 11.4. The molecule has 0 spiro atoms. The molecule has 1 aliphatic heterocycles. The molecule has 18 heavy (non-hydrogen) atoms. The summed E-state index contributed by atoms with van der Waals surface area (Å²) in [6.07, 6.45) is 5.59. The van der Waals surface area contributed by atoms with Crippen molar-refractivity contribution in [3.05, 3.63) is 28.9 Å². The van der Waals surface area contributed by atoms with Gasteiger partial charge in [0.05, 0.1) is 6.33 Å². The molecule has 2 rings (SSSR count). The summed E-state index contributed by atoms with van der Waals surface area (Å²) in [6.45, 7) is 8.88. The van der Waals surface area contributed by atoms with E-state index in [4.69, 9.17) is 0 Å². The van der Waals surface area contributed by atoms with E-state index in [1.807, 2.05) is 0 Å². The SMILES string of the molecule is CC(C)CN1CCC(Cn2cnccc2=O)CC1. The molecule has 1 aliphatic rings. The molecule has 1 fully saturated rings. The Balaban J connectivity index is 1.84. The van der Waals surface area contributed by atoms with Crippen molar-refractivity contribution < 1.29 is 0 Å². The van der Waals surface area contributed by atoms with Gasteiger partial charge in [0.2, 0.25) is 0 Å². The third-order valence-electron chi connectivity index (χ3n) is 3.58. The Morgan fingerprint density at radius 2 is 2.11 bits per heavy atom. The Kier molecular flexibility index (Phi) is 4.53. The normalized spacial score (nSPS) is 18.4. The number of hydrogen-bond donors (Lipinski definition) is 0. The summed E-state index contributed by atoms with van der Waals surface area (Å²) in [5, 5.41) is 0. The average Bonchev–Trinajstić information content (AvgIpc) is 2.34. The van der Waals surface area contributed by atoms with E-state index in [0.717, 1.165) is 25.6 Å². The van der Waals surface area contributed by atoms with Gasteiger partial charge in [-0.1, -0.05) is 13.8 Å². The first-order valence-electron chi connectivity index (χ1n) is 6.88. The molecule has 0 aromatic carbocycles. The summed E-state index contributed by atoms with van der Waals surface area (Å²) in [4.78, 5) is 18.2. The van der Waals surface area contributed by atoms with E-state index >= 15 is 0 Å². The molecule has 0 bridgehead atoms. The van der Waals surface area contributed by atoms with Crippen molar-refractivity contribution in [1.29, 1.82) is 0 Å². The number of aromatic nitrogens is 2. The number of nitrogens with zero attached hydrogens (tertiary/aromatic N) is 3. The third kappa shape index (κ3) is 3.67. The van der Waals surface area contributed by atoms with Gasteiger partial charge in [-0.15, -0.1) is 0 Å². The molecule has 0 radical (unpaired) electrons. The van der Waals surface area contributed by atoms with Crippen LogP contribution >= 0.6 is 0 Å². The number of rotatable bonds is 4. The third-order valence-corrected chi connectivity index (χ3v) is 3.58. The van der Waals surface area contributed by atoms with Gasteiger partial charge in [-0.2, -0.15) is 0 Å². The van der Waals surface area contributed by atoms with Crippen LogP contribution in [0.15, 0.2) is 23.4 Å². The van der Waals surface area contributed by atoms with Crippen molar-refractivity contribution in [3.63, 3.8) is 0 Å². The van der Waals surface area contributed by atoms with Gasteiger partial charge in [0, 0.05) is 25.4 Å². The van der Waals surface area contributed by atoms with E-state index in [1.165, 1.54) is 25.5 Å². The number of piperidine rings is 1. The highest BCUT2D eigenvalue weighted by Gasteiger charge is 2.20. The first-order valence-corrected chi connectivity index (χ1v) is 6.88. The molecule has 0 N–H and O–H groups in total. The highest BCUT2D eigenvalue weighted by atomic mass is 16.1. The van der Waals surface area contributed by atoms with Crippen molar-refractivity contribution in [2.75, 3.05) is 19.6 Å². The minimum atomic E-state index is 0.0645. The summed E-state index contributed by atoms with van der Waals surface area (Å²) >= 11 is 0. The Hall–Kier alpha value is -1.16. The standard InChI is InChI=1S/C14H23N3O/c1-12(2)9-16-7-4-13(5-8-16)10-17-11-15-6-3-14(17)18/h3,6,11-13H,4-5,7-10H2,1-2H3. The fourth-order valence-electron chi connectivity index (χ4n) is 2.66. The molecule has 0 aliphatic carbocycles. The predicted octanol–water partition coefficient (Wildman–Crippen LogP) is 1.61. The van der Waals surface area contributed by atoms with Gasteiger partial charge in [-0.25, -0.2) is 4.98 Å². The van der Waals surface area contributed by atoms with E-state index in [9.17, 15) is 4.79 Å². The second-order valence-corrected chi connectivity index (χ2v) is 5.71. The van der Waals surface area contributed by atoms with Crippen molar-refractivity contribution in [1.82, 2.24) is 14.5 Å². The smallest absolute Gasteiger partial charge is 0.253 e.